The number of nitrogens with zero attached hydrogens (tertiary/aromatic N) is 1. The first kappa shape index (κ1) is 13.7. The third kappa shape index (κ3) is 4.26. The van der Waals surface area contributed by atoms with E-state index in [1.165, 1.54) is 6.07 Å². The summed E-state index contributed by atoms with van der Waals surface area (Å²) in [5.74, 6) is -1.32. The van der Waals surface area contributed by atoms with Crippen LogP contribution in [-0.2, 0) is 4.79 Å². The number of hydrogen-bond acceptors (Lipinski definition) is 3. The Morgan fingerprint density at radius 1 is 1.50 bits per heavy atom. The molecule has 5 nitrogen and oxygen atoms in total. The van der Waals surface area contributed by atoms with Crippen LogP contribution in [0.15, 0.2) is 24.3 Å². The first-order valence-corrected chi connectivity index (χ1v) is 5.53. The number of carbonyl (C=O) groups is 2. The fourth-order valence-electron chi connectivity index (χ4n) is 1.47. The van der Waals surface area contributed by atoms with E-state index in [1.807, 2.05) is 6.07 Å². The SMILES string of the molecule is CC(CNC(=O)c1cccc(C#N)c1)CC(=O)O. The van der Waals surface area contributed by atoms with Crippen LogP contribution in [0.2, 0.25) is 0 Å². The van der Waals surface area contributed by atoms with Crippen molar-refractivity contribution in [2.75, 3.05) is 6.54 Å². The highest BCUT2D eigenvalue weighted by Crippen LogP contribution is 2.05. The smallest absolute Gasteiger partial charge is 0.303 e. The molecule has 2 N–H and O–H groups in total. The number of nitrogens with one attached hydrogen (secondary N) is 1. The fraction of sp³-hybridized carbons (Fsp3) is 0.308. The van der Waals surface area contributed by atoms with E-state index in [0.717, 1.165) is 0 Å². The zero-order chi connectivity index (χ0) is 13.5. The predicted molar refractivity (Wildman–Crippen MR) is 64.9 cm³/mol. The fourth-order valence-corrected chi connectivity index (χ4v) is 1.47. The minimum absolute atomic E-state index is 0.0124. The lowest BCUT2D eigenvalue weighted by Crippen LogP contribution is -2.29. The number of rotatable bonds is 5. The Morgan fingerprint density at radius 3 is 2.83 bits per heavy atom. The molecule has 1 amide bonds. The first-order chi connectivity index (χ1) is 8.52. The molecule has 0 aliphatic carbocycles. The topological polar surface area (TPSA) is 90.2 Å². The predicted octanol–water partition coefficient (Wildman–Crippen LogP) is 1.40. The van der Waals surface area contributed by atoms with Gasteiger partial charge in [-0.25, -0.2) is 0 Å². The summed E-state index contributed by atoms with van der Waals surface area (Å²) in [5, 5.41) is 19.9. The maximum atomic E-state index is 11.7. The Balaban J connectivity index is 2.55. The van der Waals surface area contributed by atoms with Crippen LogP contribution in [0.25, 0.3) is 0 Å². The maximum absolute atomic E-state index is 11.7. The van der Waals surface area contributed by atoms with Gasteiger partial charge in [-0.05, 0) is 24.1 Å². The van der Waals surface area contributed by atoms with Crippen LogP contribution in [0.3, 0.4) is 0 Å². The number of benzene rings is 1. The molecule has 0 spiro atoms. The van der Waals surface area contributed by atoms with Gasteiger partial charge >= 0.3 is 5.97 Å². The molecule has 1 unspecified atom stereocenters. The summed E-state index contributed by atoms with van der Waals surface area (Å²) in [6.07, 6.45) is 0.0124. The van der Waals surface area contributed by atoms with Crippen LogP contribution in [0, 0.1) is 17.2 Å². The Kier molecular flexibility index (Phi) is 4.88. The Morgan fingerprint density at radius 2 is 2.22 bits per heavy atom. The van der Waals surface area contributed by atoms with Gasteiger partial charge in [-0.2, -0.15) is 5.26 Å². The molecule has 0 saturated heterocycles. The van der Waals surface area contributed by atoms with Crippen molar-refractivity contribution in [1.29, 1.82) is 5.26 Å². The van der Waals surface area contributed by atoms with E-state index < -0.39 is 5.97 Å². The van der Waals surface area contributed by atoms with Gasteiger partial charge in [0, 0.05) is 18.5 Å². The number of carboxylic acid groups (broad SMARTS) is 1. The second kappa shape index (κ2) is 6.40. The van der Waals surface area contributed by atoms with E-state index in [4.69, 9.17) is 10.4 Å². The number of hydrogen-bond donors (Lipinski definition) is 2. The molecule has 1 rings (SSSR count). The van der Waals surface area contributed by atoms with Gasteiger partial charge < -0.3 is 10.4 Å². The third-order valence-electron chi connectivity index (χ3n) is 2.39. The summed E-state index contributed by atoms with van der Waals surface area (Å²) in [6, 6.07) is 8.31. The van der Waals surface area contributed by atoms with E-state index in [-0.39, 0.29) is 18.2 Å². The van der Waals surface area contributed by atoms with Crippen LogP contribution in [-0.4, -0.2) is 23.5 Å². The van der Waals surface area contributed by atoms with Crippen molar-refractivity contribution in [2.24, 2.45) is 5.92 Å². The lowest BCUT2D eigenvalue weighted by atomic mass is 10.1. The lowest BCUT2D eigenvalue weighted by molar-refractivity contribution is -0.137. The van der Waals surface area contributed by atoms with Crippen LogP contribution >= 0.6 is 0 Å². The molecule has 1 atom stereocenters. The summed E-state index contributed by atoms with van der Waals surface area (Å²) in [5.41, 5.74) is 0.817. The van der Waals surface area contributed by atoms with Crippen LogP contribution < -0.4 is 5.32 Å². The van der Waals surface area contributed by atoms with Gasteiger partial charge in [0.25, 0.3) is 5.91 Å². The largest absolute Gasteiger partial charge is 0.481 e. The van der Waals surface area contributed by atoms with Gasteiger partial charge in [-0.1, -0.05) is 13.0 Å². The highest BCUT2D eigenvalue weighted by atomic mass is 16.4. The average molecular weight is 246 g/mol. The number of amides is 1. The molecular formula is C13H14N2O3. The maximum Gasteiger partial charge on any atom is 0.303 e. The summed E-state index contributed by atoms with van der Waals surface area (Å²) in [7, 11) is 0. The van der Waals surface area contributed by atoms with Crippen LogP contribution in [0.5, 0.6) is 0 Å². The van der Waals surface area contributed by atoms with E-state index in [9.17, 15) is 9.59 Å². The molecule has 0 aliphatic rings. The summed E-state index contributed by atoms with van der Waals surface area (Å²) >= 11 is 0. The third-order valence-corrected chi connectivity index (χ3v) is 2.39. The minimum Gasteiger partial charge on any atom is -0.481 e. The van der Waals surface area contributed by atoms with Crippen molar-refractivity contribution in [1.82, 2.24) is 5.32 Å². The second-order valence-electron chi connectivity index (χ2n) is 4.11. The molecule has 0 fully saturated rings. The normalized spacial score (nSPS) is 11.3. The molecule has 0 bridgehead atoms. The van der Waals surface area contributed by atoms with Gasteiger partial charge in [0.1, 0.15) is 0 Å². The van der Waals surface area contributed by atoms with Gasteiger partial charge in [0.2, 0.25) is 0 Å². The molecule has 0 heterocycles. The highest BCUT2D eigenvalue weighted by Gasteiger charge is 2.10. The molecule has 94 valence electrons. The van der Waals surface area contributed by atoms with E-state index >= 15 is 0 Å². The lowest BCUT2D eigenvalue weighted by Gasteiger charge is -2.10. The number of carboxylic acids is 1. The van der Waals surface area contributed by atoms with Crippen molar-refractivity contribution in [3.63, 3.8) is 0 Å². The number of aliphatic carboxylic acids is 1. The standard InChI is InChI=1S/C13H14N2O3/c1-9(5-12(16)17)8-15-13(18)11-4-2-3-10(6-11)7-14/h2-4,6,9H,5,8H2,1H3,(H,15,18)(H,16,17). The Labute approximate surface area is 105 Å². The molecule has 1 aromatic rings. The zero-order valence-corrected chi connectivity index (χ0v) is 10.0. The van der Waals surface area contributed by atoms with E-state index in [2.05, 4.69) is 5.32 Å². The average Bonchev–Trinajstić information content (AvgIpc) is 2.35. The Bertz CT molecular complexity index is 491. The van der Waals surface area contributed by atoms with Crippen molar-refractivity contribution >= 4 is 11.9 Å². The molecule has 0 saturated carbocycles. The van der Waals surface area contributed by atoms with Crippen molar-refractivity contribution in [3.8, 4) is 6.07 Å². The molecular weight excluding hydrogens is 232 g/mol. The van der Waals surface area contributed by atoms with Gasteiger partial charge in [-0.15, -0.1) is 0 Å². The molecule has 0 radical (unpaired) electrons. The second-order valence-corrected chi connectivity index (χ2v) is 4.11. The number of carbonyl (C=O) groups excluding carboxylic acids is 1. The number of nitriles is 1. The summed E-state index contributed by atoms with van der Waals surface area (Å²) in [4.78, 5) is 22.2. The monoisotopic (exact) mass is 246 g/mol. The summed E-state index contributed by atoms with van der Waals surface area (Å²) < 4.78 is 0. The van der Waals surface area contributed by atoms with Gasteiger partial charge in [0.15, 0.2) is 0 Å². The van der Waals surface area contributed by atoms with E-state index in [0.29, 0.717) is 17.7 Å². The molecule has 0 aromatic heterocycles. The molecule has 0 aliphatic heterocycles. The molecule has 5 heteroatoms. The van der Waals surface area contributed by atoms with Crippen molar-refractivity contribution < 1.29 is 14.7 Å². The van der Waals surface area contributed by atoms with Crippen LogP contribution in [0.1, 0.15) is 29.3 Å². The summed E-state index contributed by atoms with van der Waals surface area (Å²) in [6.45, 7) is 2.04. The molecule has 18 heavy (non-hydrogen) atoms. The van der Waals surface area contributed by atoms with Crippen molar-refractivity contribution in [2.45, 2.75) is 13.3 Å². The van der Waals surface area contributed by atoms with Crippen molar-refractivity contribution in [3.05, 3.63) is 35.4 Å². The molecule has 1 aromatic carbocycles. The van der Waals surface area contributed by atoms with E-state index in [1.54, 1.807) is 25.1 Å². The highest BCUT2D eigenvalue weighted by molar-refractivity contribution is 5.94. The quantitative estimate of drug-likeness (QED) is 0.821. The first-order valence-electron chi connectivity index (χ1n) is 5.53. The zero-order valence-electron chi connectivity index (χ0n) is 10.0. The van der Waals surface area contributed by atoms with Crippen LogP contribution in [0.4, 0.5) is 0 Å². The van der Waals surface area contributed by atoms with Gasteiger partial charge in [0.05, 0.1) is 11.6 Å². The van der Waals surface area contributed by atoms with Gasteiger partial charge in [-0.3, -0.25) is 9.59 Å². The minimum atomic E-state index is -0.886. The Hall–Kier alpha value is -2.35.